The van der Waals surface area contributed by atoms with Crippen molar-refractivity contribution in [2.45, 2.75) is 42.3 Å². The van der Waals surface area contributed by atoms with Crippen LogP contribution in [0.15, 0.2) is 12.7 Å². The summed E-state index contributed by atoms with van der Waals surface area (Å²) in [7, 11) is 0. The van der Waals surface area contributed by atoms with Crippen LogP contribution in [0.4, 0.5) is 5.82 Å². The van der Waals surface area contributed by atoms with Crippen molar-refractivity contribution in [1.29, 1.82) is 0 Å². The molecule has 27 heavy (non-hydrogen) atoms. The van der Waals surface area contributed by atoms with E-state index in [9.17, 15) is 15.0 Å². The molecule has 150 valence electrons. The number of aliphatic hydroxyl groups is 2. The van der Waals surface area contributed by atoms with Gasteiger partial charge in [-0.25, -0.2) is 0 Å². The van der Waals surface area contributed by atoms with Gasteiger partial charge in [0.15, 0.2) is 0 Å². The first-order valence-corrected chi connectivity index (χ1v) is 9.92. The van der Waals surface area contributed by atoms with E-state index >= 15 is 0 Å². The van der Waals surface area contributed by atoms with Gasteiger partial charge in [0.2, 0.25) is 0 Å². The number of hydrogen-bond donors (Lipinski definition) is 6. The first-order chi connectivity index (χ1) is 12.8. The fraction of sp³-hybridized carbons (Fsp3) is 0.571. The number of anilines is 1. The van der Waals surface area contributed by atoms with Crippen molar-refractivity contribution in [1.82, 2.24) is 19.5 Å². The van der Waals surface area contributed by atoms with E-state index in [2.05, 4.69) is 43.6 Å². The van der Waals surface area contributed by atoms with Crippen LogP contribution in [0.25, 0.3) is 11.2 Å². The molecular weight excluding hydrogens is 443 g/mol. The Bertz CT molecular complexity index is 780. The summed E-state index contributed by atoms with van der Waals surface area (Å²) < 4.78 is 7.19. The number of hydrogen-bond acceptors (Lipinski definition) is 10. The molecular formula is C14H22N6O5SSe. The Morgan fingerprint density at radius 2 is 2.07 bits per heavy atom. The molecule has 0 amide bonds. The standard InChI is InChI=1S/C10H13N5O3Se.C4H9NO2S/c11-8-5-9(13-2-12-8)15(3-14-5)10-7(17)6(16)4(1-19)18-10;5-3(1-2-8)4(6)7/h2-4,6-7,10,16-17,19H,1H2,(H2,11,12,13);3,8H,1-2,5H2,(H,6,7)/t4-,6-,7-,10-;/m1./s1. The number of aliphatic hydroxyl groups excluding tert-OH is 2. The average Bonchev–Trinajstić information content (AvgIpc) is 3.18. The van der Waals surface area contributed by atoms with Crippen molar-refractivity contribution in [3.63, 3.8) is 0 Å². The molecule has 2 aromatic rings. The normalized spacial score (nSPS) is 25.8. The minimum absolute atomic E-state index is 0.264. The summed E-state index contributed by atoms with van der Waals surface area (Å²) in [6.45, 7) is 0. The third kappa shape index (κ3) is 4.88. The summed E-state index contributed by atoms with van der Waals surface area (Å²) in [5, 5.41) is 28.6. The number of ether oxygens (including phenoxy) is 1. The van der Waals surface area contributed by atoms with E-state index in [1.165, 1.54) is 12.7 Å². The number of aliphatic carboxylic acids is 1. The molecule has 0 aliphatic carbocycles. The minimum atomic E-state index is -1.04. The third-order valence-electron chi connectivity index (χ3n) is 3.94. The van der Waals surface area contributed by atoms with E-state index in [-0.39, 0.29) is 5.82 Å². The van der Waals surface area contributed by atoms with Gasteiger partial charge in [-0.15, -0.1) is 0 Å². The summed E-state index contributed by atoms with van der Waals surface area (Å²) in [6, 6.07) is -0.743. The molecule has 1 unspecified atom stereocenters. The van der Waals surface area contributed by atoms with Gasteiger partial charge in [-0.2, -0.15) is 12.6 Å². The number of carbonyl (C=O) groups is 1. The number of nitrogen functional groups attached to an aromatic ring is 1. The molecule has 3 heterocycles. The molecule has 0 spiro atoms. The Kier molecular flexibility index (Phi) is 7.79. The number of carboxylic acids is 1. The predicted molar refractivity (Wildman–Crippen MR) is 102 cm³/mol. The fourth-order valence-electron chi connectivity index (χ4n) is 2.43. The fourth-order valence-corrected chi connectivity index (χ4v) is 3.34. The summed E-state index contributed by atoms with van der Waals surface area (Å²) in [5.74, 6) is -0.174. The van der Waals surface area contributed by atoms with Gasteiger partial charge in [0, 0.05) is 0 Å². The Hall–Kier alpha value is -1.47. The zero-order valence-corrected chi connectivity index (χ0v) is 16.9. The van der Waals surface area contributed by atoms with E-state index < -0.39 is 36.6 Å². The average molecular weight is 465 g/mol. The van der Waals surface area contributed by atoms with Gasteiger partial charge in [0.25, 0.3) is 0 Å². The molecule has 11 nitrogen and oxygen atoms in total. The van der Waals surface area contributed by atoms with Crippen molar-refractivity contribution in [2.24, 2.45) is 5.73 Å². The van der Waals surface area contributed by atoms with Crippen LogP contribution >= 0.6 is 12.6 Å². The number of nitrogens with two attached hydrogens (primary N) is 2. The second-order valence-corrected chi connectivity index (χ2v) is 6.98. The van der Waals surface area contributed by atoms with E-state index in [0.29, 0.717) is 28.7 Å². The van der Waals surface area contributed by atoms with Crippen LogP contribution in [-0.4, -0.2) is 86.9 Å². The van der Waals surface area contributed by atoms with Gasteiger partial charge in [-0.1, -0.05) is 0 Å². The molecule has 0 radical (unpaired) electrons. The summed E-state index contributed by atoms with van der Waals surface area (Å²) in [4.78, 5) is 22.0. The number of aromatic nitrogens is 4. The molecule has 7 N–H and O–H groups in total. The summed E-state index contributed by atoms with van der Waals surface area (Å²) in [5.41, 5.74) is 11.7. The van der Waals surface area contributed by atoms with Gasteiger partial charge >= 0.3 is 122 Å². The van der Waals surface area contributed by atoms with Gasteiger partial charge in [0.05, 0.1) is 0 Å². The van der Waals surface area contributed by atoms with E-state index in [1.54, 1.807) is 4.57 Å². The summed E-state index contributed by atoms with van der Waals surface area (Å²) >= 11 is 6.14. The molecule has 5 atom stereocenters. The van der Waals surface area contributed by atoms with Crippen molar-refractivity contribution in [3.8, 4) is 0 Å². The number of fused-ring (bicyclic) bond motifs is 1. The Labute approximate surface area is 168 Å². The molecule has 1 aliphatic rings. The van der Waals surface area contributed by atoms with Crippen LogP contribution in [0, 0.1) is 0 Å². The van der Waals surface area contributed by atoms with Crippen LogP contribution in [0.1, 0.15) is 12.6 Å². The van der Waals surface area contributed by atoms with E-state index in [1.807, 2.05) is 0 Å². The second-order valence-electron chi connectivity index (χ2n) is 5.77. The van der Waals surface area contributed by atoms with Crippen molar-refractivity contribution in [3.05, 3.63) is 12.7 Å². The molecule has 2 aromatic heterocycles. The van der Waals surface area contributed by atoms with Gasteiger partial charge in [-0.05, 0) is 12.2 Å². The molecule has 0 aromatic carbocycles. The SMILES string of the molecule is NC(CCS)C(=O)O.Nc1ncnc2c1ncn2[C@@H]1O[C@H](C[SeH])[C@@H](O)[C@H]1O. The van der Waals surface area contributed by atoms with Gasteiger partial charge < -0.3 is 10.8 Å². The zero-order valence-electron chi connectivity index (χ0n) is 14.2. The molecule has 13 heteroatoms. The topological polar surface area (TPSA) is 183 Å². The van der Waals surface area contributed by atoms with Crippen LogP contribution in [0.5, 0.6) is 0 Å². The molecule has 0 saturated carbocycles. The quantitative estimate of drug-likeness (QED) is 0.215. The second kappa shape index (κ2) is 9.64. The zero-order chi connectivity index (χ0) is 20.1. The molecule has 0 bridgehead atoms. The first kappa shape index (κ1) is 21.8. The van der Waals surface area contributed by atoms with Crippen molar-refractivity contribution < 1.29 is 24.9 Å². The summed E-state index contributed by atoms with van der Waals surface area (Å²) in [6.07, 6.45) is 0.0799. The molecule has 3 rings (SSSR count). The third-order valence-corrected chi connectivity index (χ3v) is 4.95. The van der Waals surface area contributed by atoms with Crippen LogP contribution < -0.4 is 11.5 Å². The number of nitrogens with zero attached hydrogens (tertiary/aromatic N) is 4. The molecule has 1 saturated heterocycles. The maximum atomic E-state index is 10.1. The van der Waals surface area contributed by atoms with Crippen LogP contribution in [0.2, 0.25) is 5.32 Å². The number of rotatable bonds is 5. The maximum absolute atomic E-state index is 10.1. The number of imidazole rings is 1. The first-order valence-electron chi connectivity index (χ1n) is 7.96. The molecule has 1 aliphatic heterocycles. The van der Waals surface area contributed by atoms with Gasteiger partial charge in [-0.3, -0.25) is 4.79 Å². The van der Waals surface area contributed by atoms with Crippen molar-refractivity contribution >= 4 is 51.6 Å². The van der Waals surface area contributed by atoms with Crippen LogP contribution in [0.3, 0.4) is 0 Å². The Morgan fingerprint density at radius 3 is 2.59 bits per heavy atom. The number of thiol groups is 1. The molecule has 1 fully saturated rings. The predicted octanol–water partition coefficient (Wildman–Crippen LogP) is -1.93. The van der Waals surface area contributed by atoms with Crippen LogP contribution in [-0.2, 0) is 9.53 Å². The Morgan fingerprint density at radius 1 is 1.37 bits per heavy atom. The van der Waals surface area contributed by atoms with E-state index in [4.69, 9.17) is 21.3 Å². The Balaban J connectivity index is 0.000000279. The van der Waals surface area contributed by atoms with Crippen molar-refractivity contribution in [2.75, 3.05) is 11.5 Å². The monoisotopic (exact) mass is 466 g/mol. The van der Waals surface area contributed by atoms with E-state index in [0.717, 1.165) is 0 Å². The van der Waals surface area contributed by atoms with Gasteiger partial charge in [0.1, 0.15) is 6.04 Å². The number of carboxylic acid groups (broad SMARTS) is 1.